The third kappa shape index (κ3) is 19.9. The van der Waals surface area contributed by atoms with E-state index in [1.165, 1.54) is 48.2 Å². The Labute approximate surface area is 513 Å². The van der Waals surface area contributed by atoms with Gasteiger partial charge >= 0.3 is 21.6 Å². The minimum atomic E-state index is -4.04. The van der Waals surface area contributed by atoms with Crippen LogP contribution in [0.2, 0.25) is 0 Å². The van der Waals surface area contributed by atoms with E-state index in [4.69, 9.17) is 32.5 Å². The number of anilines is 2. The summed E-state index contributed by atoms with van der Waals surface area (Å²) >= 11 is 8.39. The maximum absolute atomic E-state index is 13.7. The van der Waals surface area contributed by atoms with Gasteiger partial charge in [0.05, 0.1) is 37.7 Å². The number of unbranched alkanes of at least 4 members (excludes halogenated alkanes) is 2. The number of H-pyrrole nitrogens is 1. The first-order valence-corrected chi connectivity index (χ1v) is 32.1. The number of nitrogens with zero attached hydrogens (tertiary/aromatic N) is 7. The van der Waals surface area contributed by atoms with Gasteiger partial charge in [-0.15, -0.1) is 0 Å². The second-order valence-electron chi connectivity index (χ2n) is 22.2. The summed E-state index contributed by atoms with van der Waals surface area (Å²) in [6.45, 7) is 4.67. The van der Waals surface area contributed by atoms with Gasteiger partial charge in [-0.3, -0.25) is 66.9 Å². The summed E-state index contributed by atoms with van der Waals surface area (Å²) < 4.78 is 67.3. The van der Waals surface area contributed by atoms with Gasteiger partial charge in [-0.1, -0.05) is 58.5 Å². The zero-order chi connectivity index (χ0) is 63.0. The van der Waals surface area contributed by atoms with Crippen molar-refractivity contribution in [1.82, 2.24) is 49.9 Å². The van der Waals surface area contributed by atoms with Crippen LogP contribution < -0.4 is 31.6 Å². The molecular weight excluding hydrogens is 1210 g/mol. The number of hydrogen-bond donors (Lipinski definition) is 7. The molecule has 29 nitrogen and oxygen atoms in total. The summed E-state index contributed by atoms with van der Waals surface area (Å²) in [5, 5.41) is 10.7. The molecule has 7 amide bonds. The molecule has 5 heterocycles. The molecule has 9 atom stereocenters. The predicted octanol–water partition coefficient (Wildman–Crippen LogP) is 5.68. The van der Waals surface area contributed by atoms with E-state index < -0.39 is 86.9 Å². The normalized spacial score (nSPS) is 20.8. The van der Waals surface area contributed by atoms with Crippen molar-refractivity contribution in [2.75, 3.05) is 49.9 Å². The zero-order valence-electron chi connectivity index (χ0n) is 48.7. The molecule has 1 saturated heterocycles. The van der Waals surface area contributed by atoms with Gasteiger partial charge in [0.2, 0.25) is 35.5 Å². The number of ether oxygens (including phenoxy) is 4. The average Bonchev–Trinajstić information content (AvgIpc) is 1.80. The molecule has 472 valence electrons. The average molecular weight is 1290 g/mol. The van der Waals surface area contributed by atoms with E-state index in [-0.39, 0.29) is 111 Å². The lowest BCUT2D eigenvalue weighted by Gasteiger charge is -2.29. The van der Waals surface area contributed by atoms with Crippen molar-refractivity contribution in [1.29, 1.82) is 0 Å². The van der Waals surface area contributed by atoms with Crippen molar-refractivity contribution in [3.63, 3.8) is 0 Å². The van der Waals surface area contributed by atoms with Crippen LogP contribution >= 0.6 is 40.4 Å². The molecule has 33 heteroatoms. The van der Waals surface area contributed by atoms with Crippen LogP contribution in [0.15, 0.2) is 66.1 Å². The fraction of sp³-hybridized carbons (Fsp3) is 0.556. The first-order chi connectivity index (χ1) is 41.4. The van der Waals surface area contributed by atoms with Gasteiger partial charge in [-0.2, -0.15) is 17.6 Å². The molecule has 7 rings (SSSR count). The highest BCUT2D eigenvalue weighted by Crippen LogP contribution is 2.57. The first-order valence-electron chi connectivity index (χ1n) is 28.0. The minimum Gasteiger partial charge on any atom is -0.474 e. The largest absolute Gasteiger partial charge is 0.474 e. The van der Waals surface area contributed by atoms with Gasteiger partial charge in [0, 0.05) is 81.8 Å². The molecule has 3 aromatic heterocycles. The molecule has 0 spiro atoms. The lowest BCUT2D eigenvalue weighted by atomic mass is 9.88. The van der Waals surface area contributed by atoms with Crippen molar-refractivity contribution >= 4 is 105 Å². The van der Waals surface area contributed by atoms with Crippen LogP contribution in [0, 0.1) is 17.3 Å². The molecular formula is C54H72N12O17P2S2. The molecule has 2 fully saturated rings. The maximum Gasteiger partial charge on any atom is 0.409 e. The number of fused-ring (bicyclic) bond motifs is 1. The number of aromatic nitrogens is 6. The van der Waals surface area contributed by atoms with E-state index in [2.05, 4.69) is 71.1 Å². The Morgan fingerprint density at radius 1 is 0.931 bits per heavy atom. The zero-order valence-corrected chi connectivity index (χ0v) is 52.3. The van der Waals surface area contributed by atoms with Crippen LogP contribution in [0.25, 0.3) is 11.2 Å². The Morgan fingerprint density at radius 3 is 2.37 bits per heavy atom. The number of benzene rings is 1. The molecule has 2 unspecified atom stereocenters. The number of amides is 7. The van der Waals surface area contributed by atoms with Gasteiger partial charge < -0.3 is 39.8 Å². The Hall–Kier alpha value is -6.69. The fourth-order valence-electron chi connectivity index (χ4n) is 10.0. The number of aromatic amines is 1. The van der Waals surface area contributed by atoms with Gasteiger partial charge in [-0.05, 0) is 55.2 Å². The number of imide groups is 1. The van der Waals surface area contributed by atoms with E-state index in [0.717, 1.165) is 4.90 Å². The highest BCUT2D eigenvalue weighted by atomic mass is 32.7. The van der Waals surface area contributed by atoms with Gasteiger partial charge in [0.25, 0.3) is 17.4 Å². The second-order valence-corrected chi connectivity index (χ2v) is 25.7. The van der Waals surface area contributed by atoms with Crippen molar-refractivity contribution in [3.05, 3.63) is 77.3 Å². The molecule has 1 aliphatic carbocycles. The predicted molar refractivity (Wildman–Crippen MR) is 319 cm³/mol. The summed E-state index contributed by atoms with van der Waals surface area (Å²) in [4.78, 5) is 124. The lowest BCUT2D eigenvalue weighted by Crippen LogP contribution is -2.53. The third-order valence-corrected chi connectivity index (χ3v) is 16.4. The van der Waals surface area contributed by atoms with Gasteiger partial charge in [-0.25, -0.2) is 28.9 Å². The van der Waals surface area contributed by atoms with Crippen LogP contribution in [0.3, 0.4) is 0 Å². The van der Waals surface area contributed by atoms with Crippen LogP contribution in [0.4, 0.5) is 16.4 Å². The molecule has 0 radical (unpaired) electrons. The Balaban J connectivity index is 0.839. The molecule has 4 aromatic rings. The Morgan fingerprint density at radius 2 is 1.68 bits per heavy atom. The lowest BCUT2D eigenvalue weighted by molar-refractivity contribution is -0.137. The summed E-state index contributed by atoms with van der Waals surface area (Å²) in [6, 6.07) is 6.23. The molecule has 5 N–H and O–H groups in total. The van der Waals surface area contributed by atoms with E-state index >= 15 is 0 Å². The van der Waals surface area contributed by atoms with Gasteiger partial charge in [0.15, 0.2) is 17.4 Å². The smallest absolute Gasteiger partial charge is 0.409 e. The first kappa shape index (κ1) is 67.8. The van der Waals surface area contributed by atoms with Crippen LogP contribution in [0.1, 0.15) is 97.8 Å². The summed E-state index contributed by atoms with van der Waals surface area (Å²) in [5.74, 6) is -2.89. The quantitative estimate of drug-likeness (QED) is 0.0102. The highest BCUT2D eigenvalue weighted by molar-refractivity contribution is 8.44. The topological polar surface area (TPSA) is 362 Å². The van der Waals surface area contributed by atoms with Gasteiger partial charge in [0.1, 0.15) is 37.2 Å². The number of hydrogen-bond acceptors (Lipinski definition) is 22. The Kier molecular flexibility index (Phi) is 24.5. The third-order valence-electron chi connectivity index (χ3n) is 14.2. The molecule has 0 bridgehead atoms. The summed E-state index contributed by atoms with van der Waals surface area (Å²) in [7, 11) is 0.832. The van der Waals surface area contributed by atoms with E-state index in [9.17, 15) is 47.5 Å². The number of carbonyl (C=O) groups is 7. The van der Waals surface area contributed by atoms with Crippen molar-refractivity contribution in [2.24, 2.45) is 17.3 Å². The maximum atomic E-state index is 13.7. The van der Waals surface area contributed by atoms with Crippen molar-refractivity contribution in [2.45, 2.75) is 135 Å². The molecule has 1 saturated carbocycles. The minimum absolute atomic E-state index is 0.0129. The number of imidazole rings is 1. The van der Waals surface area contributed by atoms with E-state index in [0.29, 0.717) is 49.2 Å². The van der Waals surface area contributed by atoms with Crippen molar-refractivity contribution < 1.29 is 75.2 Å². The van der Waals surface area contributed by atoms with Crippen molar-refractivity contribution in [3.8, 4) is 5.88 Å². The Bertz CT molecular complexity index is 3210. The number of nitrogens with one attached hydrogen (secondary N) is 5. The van der Waals surface area contributed by atoms with E-state index in [1.807, 2.05) is 0 Å². The molecule has 87 heavy (non-hydrogen) atoms. The highest BCUT2D eigenvalue weighted by Gasteiger charge is 2.43. The number of rotatable bonds is 32. The second kappa shape index (κ2) is 31.5. The molecule has 2 aliphatic heterocycles. The van der Waals surface area contributed by atoms with Crippen LogP contribution in [-0.4, -0.2) is 157 Å². The van der Waals surface area contributed by atoms with Crippen LogP contribution in [0.5, 0.6) is 5.88 Å². The summed E-state index contributed by atoms with van der Waals surface area (Å²) in [6.07, 6.45) is 4.72. The molecule has 3 aliphatic rings. The number of carbonyl (C=O) groups excluding carboxylic acids is 7. The standard InChI is InChI=1S/C54H72N12O17P2S2/c1-31(2)45(60-40(67)10-8-7-9-19-65-43(69)15-16-44(65)70)49(72)58-32(3)48(71)59-35-13-11-33(12-14-35)24-78-53(74)64(6)27-54(4,5)23-41(68)61-52-62-47-46(50(73)63-52)57-29-66(47)51-39(82-84-75)22-37(81-51)26-79-85(76,87)83-38-21-36(20-34(38)25-77-30-86)80-42-17-18-55-28-56-42/h11-18,28-29,31-32,34,36-39,45,51,86H,7-10,19-27,30H2,1-6H3,(H,58,72)(H,59,71)(H,60,67)(H,76,87)(H2,61,62,63,68,73)/t32-,34+,36+,37-,38-,39+,45?,51+,85?/m0/s1. The van der Waals surface area contributed by atoms with Crippen LogP contribution in [-0.2, 0) is 72.3 Å². The monoisotopic (exact) mass is 1290 g/mol. The molecule has 1 aromatic carbocycles. The summed E-state index contributed by atoms with van der Waals surface area (Å²) in [5.41, 5.74) is -0.648. The SMILES string of the molecule is CC(C)C(NC(=O)CCCCCN1C(=O)C=CC1=O)C(=O)N[C@@H](C)C(=O)Nc1ccc(COC(=O)N(C)CC(C)(C)CC(=O)Nc2nc3c(ncn3[C@@H]3O[C@H](COP(=O)(S)O[C@H]4C[C@H](Oc5ccncn5)C[C@@H]4COCS)C[C@H]3OP=O)c(=O)[nH]2)cc1. The van der Waals surface area contributed by atoms with E-state index in [1.54, 1.807) is 64.2 Å². The number of thiol groups is 2. The fourth-order valence-corrected chi connectivity index (χ4v) is 12.0.